The molecule has 0 spiro atoms. The SMILES string of the molecule is C#CCNC(=NC)NCc1ccnc(OC2CCCC2)c1.I. The van der Waals surface area contributed by atoms with Crippen molar-refractivity contribution in [1.82, 2.24) is 15.6 Å². The molecule has 1 aliphatic carbocycles. The van der Waals surface area contributed by atoms with E-state index in [0.29, 0.717) is 31.0 Å². The van der Waals surface area contributed by atoms with E-state index in [0.717, 1.165) is 18.4 Å². The number of halogens is 1. The molecule has 1 saturated carbocycles. The average Bonchev–Trinajstić information content (AvgIpc) is 3.01. The fraction of sp³-hybridized carbons (Fsp3) is 0.500. The summed E-state index contributed by atoms with van der Waals surface area (Å²) in [6.45, 7) is 1.10. The number of nitrogens with zero attached hydrogens (tertiary/aromatic N) is 2. The van der Waals surface area contributed by atoms with Gasteiger partial charge in [0.2, 0.25) is 5.88 Å². The number of pyridine rings is 1. The maximum atomic E-state index is 5.90. The Bertz CT molecular complexity index is 521. The summed E-state index contributed by atoms with van der Waals surface area (Å²) in [5.41, 5.74) is 1.10. The normalized spacial score (nSPS) is 14.8. The number of aliphatic imine (C=N–C) groups is 1. The van der Waals surface area contributed by atoms with Crippen LogP contribution in [0.1, 0.15) is 31.2 Å². The van der Waals surface area contributed by atoms with Crippen molar-refractivity contribution >= 4 is 29.9 Å². The van der Waals surface area contributed by atoms with Gasteiger partial charge in [-0.15, -0.1) is 30.4 Å². The molecule has 1 fully saturated rings. The van der Waals surface area contributed by atoms with Crippen molar-refractivity contribution in [3.05, 3.63) is 23.9 Å². The second kappa shape index (κ2) is 10.3. The molecule has 22 heavy (non-hydrogen) atoms. The number of nitrogens with one attached hydrogen (secondary N) is 2. The van der Waals surface area contributed by atoms with Gasteiger partial charge in [0.1, 0.15) is 6.10 Å². The molecule has 6 heteroatoms. The van der Waals surface area contributed by atoms with Crippen molar-refractivity contribution in [2.24, 2.45) is 4.99 Å². The standard InChI is InChI=1S/C16H22N4O.HI/c1-3-9-19-16(17-2)20-12-13-8-10-18-15(11-13)21-14-6-4-5-7-14;/h1,8,10-11,14H,4-7,9,12H2,2H3,(H2,17,19,20);1H. The Labute approximate surface area is 149 Å². The molecule has 0 atom stereocenters. The minimum atomic E-state index is 0. The predicted molar refractivity (Wildman–Crippen MR) is 99.6 cm³/mol. The molecule has 0 saturated heterocycles. The van der Waals surface area contributed by atoms with Crippen LogP contribution in [0.2, 0.25) is 0 Å². The van der Waals surface area contributed by atoms with Crippen molar-refractivity contribution < 1.29 is 4.74 Å². The Morgan fingerprint density at radius 3 is 2.91 bits per heavy atom. The molecule has 2 rings (SSSR count). The largest absolute Gasteiger partial charge is 0.474 e. The molecular weight excluding hydrogens is 391 g/mol. The summed E-state index contributed by atoms with van der Waals surface area (Å²) in [6.07, 6.45) is 12.1. The lowest BCUT2D eigenvalue weighted by Gasteiger charge is -2.13. The topological polar surface area (TPSA) is 58.5 Å². The highest BCUT2D eigenvalue weighted by Gasteiger charge is 2.16. The molecule has 1 heterocycles. The summed E-state index contributed by atoms with van der Waals surface area (Å²) >= 11 is 0. The van der Waals surface area contributed by atoms with Gasteiger partial charge < -0.3 is 15.4 Å². The first-order valence-corrected chi connectivity index (χ1v) is 7.31. The van der Waals surface area contributed by atoms with Crippen LogP contribution in [0.25, 0.3) is 0 Å². The van der Waals surface area contributed by atoms with Crippen LogP contribution in [0.3, 0.4) is 0 Å². The first-order valence-electron chi connectivity index (χ1n) is 7.31. The molecule has 0 aliphatic heterocycles. The average molecular weight is 414 g/mol. The predicted octanol–water partition coefficient (Wildman–Crippen LogP) is 2.32. The molecule has 1 aliphatic rings. The van der Waals surface area contributed by atoms with Crippen LogP contribution in [-0.4, -0.2) is 30.6 Å². The van der Waals surface area contributed by atoms with E-state index in [-0.39, 0.29) is 24.0 Å². The summed E-state index contributed by atoms with van der Waals surface area (Å²) < 4.78 is 5.90. The highest BCUT2D eigenvalue weighted by atomic mass is 127. The minimum Gasteiger partial charge on any atom is -0.474 e. The molecule has 0 bridgehead atoms. The lowest BCUT2D eigenvalue weighted by atomic mass is 10.2. The van der Waals surface area contributed by atoms with Crippen LogP contribution in [0.15, 0.2) is 23.3 Å². The third-order valence-corrected chi connectivity index (χ3v) is 3.43. The second-order valence-corrected chi connectivity index (χ2v) is 5.01. The van der Waals surface area contributed by atoms with Crippen LogP contribution in [-0.2, 0) is 6.54 Å². The van der Waals surface area contributed by atoms with E-state index in [9.17, 15) is 0 Å². The Hall–Kier alpha value is -1.49. The van der Waals surface area contributed by atoms with Crippen molar-refractivity contribution in [1.29, 1.82) is 0 Å². The third-order valence-electron chi connectivity index (χ3n) is 3.43. The van der Waals surface area contributed by atoms with Crippen LogP contribution in [0.4, 0.5) is 0 Å². The van der Waals surface area contributed by atoms with Crippen molar-refractivity contribution in [2.45, 2.75) is 38.3 Å². The van der Waals surface area contributed by atoms with Gasteiger partial charge in [-0.25, -0.2) is 4.98 Å². The minimum absolute atomic E-state index is 0. The lowest BCUT2D eigenvalue weighted by molar-refractivity contribution is 0.201. The summed E-state index contributed by atoms with van der Waals surface area (Å²) in [5.74, 6) is 3.90. The van der Waals surface area contributed by atoms with Gasteiger partial charge in [0.05, 0.1) is 6.54 Å². The maximum Gasteiger partial charge on any atom is 0.213 e. The Balaban J connectivity index is 0.00000242. The molecule has 0 aromatic carbocycles. The first kappa shape index (κ1) is 18.6. The van der Waals surface area contributed by atoms with Gasteiger partial charge in [0.25, 0.3) is 0 Å². The number of aromatic nitrogens is 1. The Morgan fingerprint density at radius 1 is 1.45 bits per heavy atom. The Kier molecular flexibility index (Phi) is 8.67. The van der Waals surface area contributed by atoms with Gasteiger partial charge in [-0.05, 0) is 37.3 Å². The molecular formula is C16H23IN4O. The second-order valence-electron chi connectivity index (χ2n) is 5.01. The zero-order chi connectivity index (χ0) is 14.9. The molecule has 1 aromatic heterocycles. The van der Waals surface area contributed by atoms with Crippen molar-refractivity contribution in [2.75, 3.05) is 13.6 Å². The van der Waals surface area contributed by atoms with Gasteiger partial charge in [-0.1, -0.05) is 5.92 Å². The Morgan fingerprint density at radius 2 is 2.23 bits per heavy atom. The summed E-state index contributed by atoms with van der Waals surface area (Å²) in [4.78, 5) is 8.38. The van der Waals surface area contributed by atoms with Gasteiger partial charge in [-0.2, -0.15) is 0 Å². The number of hydrogen-bond donors (Lipinski definition) is 2. The van der Waals surface area contributed by atoms with E-state index in [1.54, 1.807) is 13.2 Å². The van der Waals surface area contributed by atoms with Crippen LogP contribution in [0.5, 0.6) is 5.88 Å². The lowest BCUT2D eigenvalue weighted by Crippen LogP contribution is -2.36. The van der Waals surface area contributed by atoms with E-state index >= 15 is 0 Å². The summed E-state index contributed by atoms with van der Waals surface area (Å²) in [5, 5.41) is 6.22. The smallest absolute Gasteiger partial charge is 0.213 e. The fourth-order valence-corrected chi connectivity index (χ4v) is 2.34. The summed E-state index contributed by atoms with van der Waals surface area (Å²) in [6, 6.07) is 3.93. The van der Waals surface area contributed by atoms with E-state index in [1.807, 2.05) is 12.1 Å². The molecule has 0 radical (unpaired) electrons. The third kappa shape index (κ3) is 6.10. The highest BCUT2D eigenvalue weighted by Crippen LogP contribution is 2.23. The van der Waals surface area contributed by atoms with Crippen molar-refractivity contribution in [3.8, 4) is 18.2 Å². The molecule has 5 nitrogen and oxygen atoms in total. The number of guanidine groups is 1. The quantitative estimate of drug-likeness (QED) is 0.336. The molecule has 1 aromatic rings. The van der Waals surface area contributed by atoms with Crippen LogP contribution >= 0.6 is 24.0 Å². The van der Waals surface area contributed by atoms with Crippen LogP contribution in [0, 0.1) is 12.3 Å². The van der Waals surface area contributed by atoms with Crippen LogP contribution < -0.4 is 15.4 Å². The van der Waals surface area contributed by atoms with Gasteiger partial charge in [-0.3, -0.25) is 4.99 Å². The molecule has 0 unspecified atom stereocenters. The number of ether oxygens (including phenoxy) is 1. The summed E-state index contributed by atoms with van der Waals surface area (Å²) in [7, 11) is 1.72. The zero-order valence-corrected chi connectivity index (χ0v) is 15.2. The maximum absolute atomic E-state index is 5.90. The van der Waals surface area contributed by atoms with Crippen molar-refractivity contribution in [3.63, 3.8) is 0 Å². The van der Waals surface area contributed by atoms with E-state index in [4.69, 9.17) is 11.2 Å². The number of rotatable bonds is 5. The van der Waals surface area contributed by atoms with E-state index < -0.39 is 0 Å². The van der Waals surface area contributed by atoms with Gasteiger partial charge in [0.15, 0.2) is 5.96 Å². The fourth-order valence-electron chi connectivity index (χ4n) is 2.34. The molecule has 0 amide bonds. The van der Waals surface area contributed by atoms with Gasteiger partial charge >= 0.3 is 0 Å². The monoisotopic (exact) mass is 414 g/mol. The van der Waals surface area contributed by atoms with Gasteiger partial charge in [0, 0.05) is 25.9 Å². The number of terminal acetylenes is 1. The molecule has 2 N–H and O–H groups in total. The number of hydrogen-bond acceptors (Lipinski definition) is 3. The van der Waals surface area contributed by atoms with E-state index in [1.165, 1.54) is 12.8 Å². The first-order chi connectivity index (χ1) is 10.3. The zero-order valence-electron chi connectivity index (χ0n) is 12.8. The molecule has 120 valence electrons. The highest BCUT2D eigenvalue weighted by molar-refractivity contribution is 14.0. The van der Waals surface area contributed by atoms with E-state index in [2.05, 4.69) is 26.5 Å².